The number of aryl methyl sites for hydroxylation is 1. The third kappa shape index (κ3) is 5.07. The molecule has 1 aromatic heterocycles. The van der Waals surface area contributed by atoms with E-state index < -0.39 is 0 Å². The summed E-state index contributed by atoms with van der Waals surface area (Å²) in [5.41, 5.74) is 10.1. The van der Waals surface area contributed by atoms with E-state index in [9.17, 15) is 4.79 Å². The highest BCUT2D eigenvalue weighted by Crippen LogP contribution is 2.40. The first-order chi connectivity index (χ1) is 19.5. The first-order valence-electron chi connectivity index (χ1n) is 14.0. The normalized spacial score (nSPS) is 17.0. The molecule has 2 aliphatic heterocycles. The molecule has 2 amide bonds. The molecule has 6 heteroatoms. The molecule has 204 valence electrons. The van der Waals surface area contributed by atoms with Crippen molar-refractivity contribution in [3.63, 3.8) is 0 Å². The number of urea groups is 1. The second kappa shape index (κ2) is 11.1. The molecule has 6 rings (SSSR count). The van der Waals surface area contributed by atoms with Crippen LogP contribution in [0.5, 0.6) is 5.75 Å². The molecule has 0 saturated carbocycles. The Bertz CT molecular complexity index is 1520. The summed E-state index contributed by atoms with van der Waals surface area (Å²) in [6.07, 6.45) is 1.40. The predicted octanol–water partition coefficient (Wildman–Crippen LogP) is 6.71. The van der Waals surface area contributed by atoms with Crippen molar-refractivity contribution in [2.24, 2.45) is 0 Å². The Morgan fingerprint density at radius 1 is 1.02 bits per heavy atom. The van der Waals surface area contributed by atoms with Crippen LogP contribution in [-0.2, 0) is 30.7 Å². The van der Waals surface area contributed by atoms with Crippen LogP contribution in [0.15, 0.2) is 78.9 Å². The van der Waals surface area contributed by atoms with Gasteiger partial charge in [0.05, 0.1) is 31.6 Å². The van der Waals surface area contributed by atoms with Crippen molar-refractivity contribution in [3.8, 4) is 17.0 Å². The number of hydrogen-bond donors (Lipinski definition) is 1. The molecule has 0 fully saturated rings. The van der Waals surface area contributed by atoms with Gasteiger partial charge in [-0.2, -0.15) is 0 Å². The number of nitrogens with one attached hydrogen (secondary N) is 1. The Balaban J connectivity index is 1.35. The molecule has 3 aromatic carbocycles. The molecule has 0 unspecified atom stereocenters. The quantitative estimate of drug-likeness (QED) is 0.310. The third-order valence-electron chi connectivity index (χ3n) is 8.18. The zero-order valence-corrected chi connectivity index (χ0v) is 23.3. The molecule has 0 radical (unpaired) electrons. The number of aromatic nitrogens is 1. The lowest BCUT2D eigenvalue weighted by Crippen LogP contribution is -2.44. The maximum atomic E-state index is 13.3. The summed E-state index contributed by atoms with van der Waals surface area (Å²) in [6, 6.07) is 26.5. The van der Waals surface area contributed by atoms with Crippen molar-refractivity contribution in [3.05, 3.63) is 118 Å². The van der Waals surface area contributed by atoms with Gasteiger partial charge in [0.15, 0.2) is 0 Å². The van der Waals surface area contributed by atoms with Crippen molar-refractivity contribution in [1.82, 2.24) is 15.2 Å². The number of amides is 2. The fourth-order valence-corrected chi connectivity index (χ4v) is 5.90. The highest BCUT2D eigenvalue weighted by molar-refractivity contribution is 5.76. The van der Waals surface area contributed by atoms with Gasteiger partial charge < -0.3 is 19.7 Å². The van der Waals surface area contributed by atoms with Gasteiger partial charge in [-0.1, -0.05) is 60.7 Å². The van der Waals surface area contributed by atoms with E-state index in [0.717, 1.165) is 45.8 Å². The van der Waals surface area contributed by atoms with E-state index in [1.807, 2.05) is 54.3 Å². The van der Waals surface area contributed by atoms with Gasteiger partial charge in [0, 0.05) is 37.2 Å². The molecule has 0 bridgehead atoms. The van der Waals surface area contributed by atoms with Crippen LogP contribution in [0.3, 0.4) is 0 Å². The van der Waals surface area contributed by atoms with Crippen LogP contribution in [-0.4, -0.2) is 29.6 Å². The van der Waals surface area contributed by atoms with E-state index in [0.29, 0.717) is 26.1 Å². The van der Waals surface area contributed by atoms with Gasteiger partial charge in [0.2, 0.25) is 0 Å². The van der Waals surface area contributed by atoms with Gasteiger partial charge >= 0.3 is 6.03 Å². The van der Waals surface area contributed by atoms with E-state index in [1.54, 1.807) is 7.11 Å². The lowest BCUT2D eigenvalue weighted by molar-refractivity contribution is 0.0263. The van der Waals surface area contributed by atoms with Crippen LogP contribution in [0, 0.1) is 6.92 Å². The summed E-state index contributed by atoms with van der Waals surface area (Å²) in [5, 5.41) is 3.18. The van der Waals surface area contributed by atoms with Crippen molar-refractivity contribution in [1.29, 1.82) is 0 Å². The summed E-state index contributed by atoms with van der Waals surface area (Å²) in [7, 11) is 1.69. The zero-order chi connectivity index (χ0) is 27.6. The fourth-order valence-electron chi connectivity index (χ4n) is 5.90. The second-order valence-electron chi connectivity index (χ2n) is 10.7. The Hall–Kier alpha value is -4.16. The number of rotatable bonds is 5. The molecule has 0 aliphatic carbocycles. The van der Waals surface area contributed by atoms with Crippen molar-refractivity contribution < 1.29 is 14.3 Å². The number of benzene rings is 3. The molecule has 40 heavy (non-hydrogen) atoms. The first-order valence-corrected chi connectivity index (χ1v) is 14.0. The largest absolute Gasteiger partial charge is 0.497 e. The predicted molar refractivity (Wildman–Crippen MR) is 156 cm³/mol. The van der Waals surface area contributed by atoms with Gasteiger partial charge in [-0.15, -0.1) is 0 Å². The SMILES string of the molecule is COc1ccc(-c2nc3c(c4c2C[C@H](c2ccccc2)OC4)CN(C(=O)N[C@H](C)c2ccccc2)CC3)c(C)c1. The van der Waals surface area contributed by atoms with E-state index in [2.05, 4.69) is 48.6 Å². The molecule has 0 spiro atoms. The maximum Gasteiger partial charge on any atom is 0.318 e. The van der Waals surface area contributed by atoms with Crippen molar-refractivity contribution in [2.75, 3.05) is 13.7 Å². The lowest BCUT2D eigenvalue weighted by Gasteiger charge is -2.35. The maximum absolute atomic E-state index is 13.3. The number of nitrogens with zero attached hydrogens (tertiary/aromatic N) is 2. The number of pyridine rings is 1. The zero-order valence-electron chi connectivity index (χ0n) is 23.3. The average molecular weight is 534 g/mol. The monoisotopic (exact) mass is 533 g/mol. The molecule has 4 aromatic rings. The standard InChI is InChI=1S/C34H35N3O3/c1-22-18-26(39-3)14-15-27(22)33-28-19-32(25-12-8-5-9-13-25)40-21-30(28)29-20-37(17-16-31(29)36-33)34(38)35-23(2)24-10-6-4-7-11-24/h4-15,18,23,32H,16-17,19-21H2,1-3H3,(H,35,38)/t23-,32-/m1/s1. The van der Waals surface area contributed by atoms with Gasteiger partial charge in [0.25, 0.3) is 0 Å². The first kappa shape index (κ1) is 26.1. The molecule has 2 atom stereocenters. The van der Waals surface area contributed by atoms with Crippen LogP contribution in [0.2, 0.25) is 0 Å². The molecule has 6 nitrogen and oxygen atoms in total. The fraction of sp³-hybridized carbons (Fsp3) is 0.294. The van der Waals surface area contributed by atoms with Gasteiger partial charge in [-0.05, 0) is 65.4 Å². The number of carbonyl (C=O) groups excluding carboxylic acids is 1. The number of ether oxygens (including phenoxy) is 2. The van der Waals surface area contributed by atoms with Crippen LogP contribution in [0.25, 0.3) is 11.3 Å². The minimum absolute atomic E-state index is 0.0411. The minimum atomic E-state index is -0.0717. The molecular formula is C34H35N3O3. The number of carbonyl (C=O) groups is 1. The second-order valence-corrected chi connectivity index (χ2v) is 10.7. The molecule has 2 aliphatic rings. The minimum Gasteiger partial charge on any atom is -0.497 e. The highest BCUT2D eigenvalue weighted by atomic mass is 16.5. The summed E-state index contributed by atoms with van der Waals surface area (Å²) in [4.78, 5) is 20.5. The average Bonchev–Trinajstić information content (AvgIpc) is 3.01. The van der Waals surface area contributed by atoms with E-state index >= 15 is 0 Å². The number of fused-ring (bicyclic) bond motifs is 3. The van der Waals surface area contributed by atoms with Crippen LogP contribution < -0.4 is 10.1 Å². The van der Waals surface area contributed by atoms with Crippen LogP contribution in [0.4, 0.5) is 4.79 Å². The smallest absolute Gasteiger partial charge is 0.318 e. The third-order valence-corrected chi connectivity index (χ3v) is 8.18. The molecule has 0 saturated heterocycles. The Morgan fingerprint density at radius 2 is 1.77 bits per heavy atom. The number of methoxy groups -OCH3 is 1. The van der Waals surface area contributed by atoms with E-state index in [4.69, 9.17) is 14.5 Å². The summed E-state index contributed by atoms with van der Waals surface area (Å²) in [5.74, 6) is 0.838. The molecule has 1 N–H and O–H groups in total. The Labute approximate surface area is 236 Å². The summed E-state index contributed by atoms with van der Waals surface area (Å²) >= 11 is 0. The summed E-state index contributed by atoms with van der Waals surface area (Å²) < 4.78 is 11.9. The summed E-state index contributed by atoms with van der Waals surface area (Å²) in [6.45, 7) is 5.78. The van der Waals surface area contributed by atoms with E-state index in [1.165, 1.54) is 16.7 Å². The van der Waals surface area contributed by atoms with E-state index in [-0.39, 0.29) is 18.2 Å². The number of hydrogen-bond acceptors (Lipinski definition) is 4. The lowest BCUT2D eigenvalue weighted by atomic mass is 9.86. The molecule has 3 heterocycles. The Morgan fingerprint density at radius 3 is 2.50 bits per heavy atom. The van der Waals surface area contributed by atoms with Crippen molar-refractivity contribution in [2.45, 2.75) is 52.0 Å². The van der Waals surface area contributed by atoms with Crippen molar-refractivity contribution >= 4 is 6.03 Å². The van der Waals surface area contributed by atoms with Gasteiger partial charge in [-0.25, -0.2) is 4.79 Å². The van der Waals surface area contributed by atoms with Crippen LogP contribution in [0.1, 0.15) is 58.1 Å². The van der Waals surface area contributed by atoms with Gasteiger partial charge in [0.1, 0.15) is 5.75 Å². The van der Waals surface area contributed by atoms with Crippen LogP contribution >= 0.6 is 0 Å². The Kier molecular flexibility index (Phi) is 7.27. The molecular weight excluding hydrogens is 498 g/mol. The highest BCUT2D eigenvalue weighted by Gasteiger charge is 2.32. The topological polar surface area (TPSA) is 63.7 Å². The van der Waals surface area contributed by atoms with Gasteiger partial charge in [-0.3, -0.25) is 4.98 Å².